The molecule has 0 aromatic heterocycles. The quantitative estimate of drug-likeness (QED) is 0.747. The third kappa shape index (κ3) is 1.80. The Bertz CT molecular complexity index is 618. The monoisotopic (exact) mass is 221 g/mol. The molecule has 0 aliphatic rings. The summed E-state index contributed by atoms with van der Waals surface area (Å²) in [5, 5.41) is 1.72. The van der Waals surface area contributed by atoms with Crippen LogP contribution in [-0.4, -0.2) is 14.7 Å². The van der Waals surface area contributed by atoms with Crippen LogP contribution < -0.4 is 5.73 Å². The largest absolute Gasteiger partial charge is 0.398 e. The maximum atomic E-state index is 11.3. The first kappa shape index (κ1) is 9.98. The zero-order valence-electron chi connectivity index (χ0n) is 8.27. The molecule has 0 saturated heterocycles. The van der Waals surface area contributed by atoms with Crippen LogP contribution in [0.2, 0.25) is 0 Å². The van der Waals surface area contributed by atoms with E-state index in [9.17, 15) is 8.42 Å². The first-order valence-electron chi connectivity index (χ1n) is 4.47. The first-order chi connectivity index (χ1) is 6.98. The topological polar surface area (TPSA) is 60.2 Å². The summed E-state index contributed by atoms with van der Waals surface area (Å²) in [7, 11) is -3.17. The molecule has 15 heavy (non-hydrogen) atoms. The van der Waals surface area contributed by atoms with Crippen molar-refractivity contribution < 1.29 is 8.42 Å². The lowest BCUT2D eigenvalue weighted by molar-refractivity contribution is 0.602. The Labute approximate surface area is 88.4 Å². The van der Waals surface area contributed by atoms with E-state index in [4.69, 9.17) is 5.73 Å². The smallest absolute Gasteiger partial charge is 0.175 e. The Balaban J connectivity index is 2.81. The molecule has 2 aromatic rings. The van der Waals surface area contributed by atoms with Crippen molar-refractivity contribution in [1.82, 2.24) is 0 Å². The lowest BCUT2D eigenvalue weighted by Crippen LogP contribution is -1.97. The Morgan fingerprint density at radius 2 is 1.87 bits per heavy atom. The summed E-state index contributed by atoms with van der Waals surface area (Å²) in [4.78, 5) is 0.299. The van der Waals surface area contributed by atoms with Gasteiger partial charge in [-0.1, -0.05) is 18.2 Å². The van der Waals surface area contributed by atoms with Gasteiger partial charge in [-0.2, -0.15) is 0 Å². The highest BCUT2D eigenvalue weighted by atomic mass is 32.2. The maximum Gasteiger partial charge on any atom is 0.175 e. The van der Waals surface area contributed by atoms with Gasteiger partial charge in [0, 0.05) is 17.3 Å². The second kappa shape index (κ2) is 3.24. The van der Waals surface area contributed by atoms with Crippen LogP contribution in [0.3, 0.4) is 0 Å². The Kier molecular flexibility index (Phi) is 2.16. The number of sulfone groups is 1. The van der Waals surface area contributed by atoms with Gasteiger partial charge >= 0.3 is 0 Å². The fourth-order valence-corrected chi connectivity index (χ4v) is 2.15. The molecule has 0 unspecified atom stereocenters. The lowest BCUT2D eigenvalue weighted by Gasteiger charge is -2.04. The van der Waals surface area contributed by atoms with Gasteiger partial charge in [-0.25, -0.2) is 8.42 Å². The number of fused-ring (bicyclic) bond motifs is 1. The van der Waals surface area contributed by atoms with E-state index in [0.29, 0.717) is 10.6 Å². The van der Waals surface area contributed by atoms with Crippen LogP contribution >= 0.6 is 0 Å². The number of hydrogen-bond acceptors (Lipinski definition) is 3. The molecular weight excluding hydrogens is 210 g/mol. The molecule has 4 heteroatoms. The first-order valence-corrected chi connectivity index (χ1v) is 6.36. The number of nitrogens with two attached hydrogens (primary N) is 1. The standard InChI is InChI=1S/C11H11NO2S/c1-15(13,14)9-6-5-8-3-2-4-11(12)10(8)7-9/h2-7H,12H2,1H3. The summed E-state index contributed by atoms with van der Waals surface area (Å²) in [5.41, 5.74) is 6.37. The van der Waals surface area contributed by atoms with Gasteiger partial charge in [-0.15, -0.1) is 0 Å². The zero-order chi connectivity index (χ0) is 11.1. The Hall–Kier alpha value is -1.55. The van der Waals surface area contributed by atoms with E-state index in [1.165, 1.54) is 6.26 Å². The average Bonchev–Trinajstić information content (AvgIpc) is 2.16. The van der Waals surface area contributed by atoms with Crippen molar-refractivity contribution in [3.63, 3.8) is 0 Å². The molecule has 0 aliphatic carbocycles. The van der Waals surface area contributed by atoms with Crippen LogP contribution in [-0.2, 0) is 9.84 Å². The van der Waals surface area contributed by atoms with Crippen LogP contribution in [0.4, 0.5) is 5.69 Å². The van der Waals surface area contributed by atoms with Gasteiger partial charge in [0.15, 0.2) is 9.84 Å². The van der Waals surface area contributed by atoms with Gasteiger partial charge in [0.25, 0.3) is 0 Å². The molecule has 0 radical (unpaired) electrons. The van der Waals surface area contributed by atoms with Gasteiger partial charge in [0.05, 0.1) is 4.90 Å². The van der Waals surface area contributed by atoms with E-state index >= 15 is 0 Å². The molecule has 0 heterocycles. The highest BCUT2D eigenvalue weighted by molar-refractivity contribution is 7.90. The third-order valence-corrected chi connectivity index (χ3v) is 3.43. The Morgan fingerprint density at radius 1 is 1.13 bits per heavy atom. The van der Waals surface area contributed by atoms with Crippen LogP contribution in [0, 0.1) is 0 Å². The van der Waals surface area contributed by atoms with E-state index < -0.39 is 9.84 Å². The molecule has 0 bridgehead atoms. The molecule has 0 saturated carbocycles. The average molecular weight is 221 g/mol. The maximum absolute atomic E-state index is 11.3. The minimum Gasteiger partial charge on any atom is -0.398 e. The molecule has 2 aromatic carbocycles. The molecule has 0 fully saturated rings. The second-order valence-electron chi connectivity index (χ2n) is 3.50. The number of nitrogen functional groups attached to an aromatic ring is 1. The molecule has 2 N–H and O–H groups in total. The number of rotatable bonds is 1. The van der Waals surface area contributed by atoms with E-state index in [0.717, 1.165) is 10.8 Å². The van der Waals surface area contributed by atoms with Crippen molar-refractivity contribution in [3.05, 3.63) is 36.4 Å². The summed E-state index contributed by atoms with van der Waals surface area (Å²) in [5.74, 6) is 0. The minimum absolute atomic E-state index is 0.299. The van der Waals surface area contributed by atoms with E-state index in [2.05, 4.69) is 0 Å². The molecule has 0 amide bonds. The SMILES string of the molecule is CS(=O)(=O)c1ccc2cccc(N)c2c1. The molecular formula is C11H11NO2S. The fraction of sp³-hybridized carbons (Fsp3) is 0.0909. The number of hydrogen-bond donors (Lipinski definition) is 1. The van der Waals surface area contributed by atoms with Gasteiger partial charge in [-0.05, 0) is 23.6 Å². The highest BCUT2D eigenvalue weighted by Crippen LogP contribution is 2.23. The van der Waals surface area contributed by atoms with E-state index in [1.807, 2.05) is 12.1 Å². The molecule has 3 nitrogen and oxygen atoms in total. The lowest BCUT2D eigenvalue weighted by atomic mass is 10.1. The van der Waals surface area contributed by atoms with Crippen molar-refractivity contribution in [2.45, 2.75) is 4.90 Å². The Morgan fingerprint density at radius 3 is 2.53 bits per heavy atom. The summed E-state index contributed by atoms with van der Waals surface area (Å²) in [6.45, 7) is 0. The van der Waals surface area contributed by atoms with Crippen LogP contribution in [0.1, 0.15) is 0 Å². The van der Waals surface area contributed by atoms with Crippen LogP contribution in [0.5, 0.6) is 0 Å². The van der Waals surface area contributed by atoms with Crippen LogP contribution in [0.25, 0.3) is 10.8 Å². The molecule has 0 aliphatic heterocycles. The molecule has 0 atom stereocenters. The highest BCUT2D eigenvalue weighted by Gasteiger charge is 2.08. The third-order valence-electron chi connectivity index (χ3n) is 2.32. The molecule has 78 valence electrons. The van der Waals surface area contributed by atoms with E-state index in [-0.39, 0.29) is 0 Å². The normalized spacial score (nSPS) is 11.8. The number of benzene rings is 2. The summed E-state index contributed by atoms with van der Waals surface area (Å²) in [6, 6.07) is 10.5. The van der Waals surface area contributed by atoms with Gasteiger partial charge < -0.3 is 5.73 Å². The van der Waals surface area contributed by atoms with Gasteiger partial charge in [0.1, 0.15) is 0 Å². The predicted octanol–water partition coefficient (Wildman–Crippen LogP) is 1.83. The predicted molar refractivity (Wildman–Crippen MR) is 61.5 cm³/mol. The minimum atomic E-state index is -3.17. The number of anilines is 1. The molecule has 0 spiro atoms. The van der Waals surface area contributed by atoms with Crippen molar-refractivity contribution in [3.8, 4) is 0 Å². The zero-order valence-corrected chi connectivity index (χ0v) is 9.08. The van der Waals surface area contributed by atoms with Crippen molar-refractivity contribution >= 4 is 26.3 Å². The van der Waals surface area contributed by atoms with Crippen molar-refractivity contribution in [2.24, 2.45) is 0 Å². The van der Waals surface area contributed by atoms with Crippen LogP contribution in [0.15, 0.2) is 41.3 Å². The second-order valence-corrected chi connectivity index (χ2v) is 5.52. The molecule has 2 rings (SSSR count). The van der Waals surface area contributed by atoms with E-state index in [1.54, 1.807) is 24.3 Å². The fourth-order valence-electron chi connectivity index (χ4n) is 1.51. The van der Waals surface area contributed by atoms with Crippen molar-refractivity contribution in [2.75, 3.05) is 12.0 Å². The summed E-state index contributed by atoms with van der Waals surface area (Å²) < 4.78 is 22.7. The van der Waals surface area contributed by atoms with Crippen molar-refractivity contribution in [1.29, 1.82) is 0 Å². The summed E-state index contributed by atoms with van der Waals surface area (Å²) >= 11 is 0. The van der Waals surface area contributed by atoms with Gasteiger partial charge in [-0.3, -0.25) is 0 Å². The summed E-state index contributed by atoms with van der Waals surface area (Å²) in [6.07, 6.45) is 1.19. The van der Waals surface area contributed by atoms with Gasteiger partial charge in [0.2, 0.25) is 0 Å².